The third-order valence-corrected chi connectivity index (χ3v) is 4.46. The van der Waals surface area contributed by atoms with Crippen LogP contribution in [0.25, 0.3) is 0 Å². The van der Waals surface area contributed by atoms with E-state index in [2.05, 4.69) is 24.3 Å². The second-order valence-electron chi connectivity index (χ2n) is 4.79. The van der Waals surface area contributed by atoms with E-state index in [-0.39, 0.29) is 30.9 Å². The topological polar surface area (TPSA) is 35.6 Å². The Labute approximate surface area is 126 Å². The largest absolute Gasteiger partial charge is 0.341 e. The van der Waals surface area contributed by atoms with Gasteiger partial charge in [0.05, 0.1) is 6.04 Å². The van der Waals surface area contributed by atoms with Gasteiger partial charge in [-0.1, -0.05) is 0 Å². The molecule has 2 aliphatic heterocycles. The number of piperidine rings is 1. The summed E-state index contributed by atoms with van der Waals surface area (Å²) in [6, 6.07) is 0.718. The fraction of sp³-hybridized carbons (Fsp3) is 0.909. The molecule has 108 valence electrons. The Bertz CT molecular complexity index is 255. The van der Waals surface area contributed by atoms with E-state index in [0.717, 1.165) is 37.6 Å². The van der Waals surface area contributed by atoms with E-state index in [1.54, 1.807) is 0 Å². The molecule has 0 aromatic rings. The Balaban J connectivity index is 0.00000144. The van der Waals surface area contributed by atoms with Gasteiger partial charge in [-0.05, 0) is 26.9 Å². The molecule has 0 aromatic heterocycles. The lowest BCUT2D eigenvalue weighted by atomic mass is 10.0. The quantitative estimate of drug-likeness (QED) is 0.826. The first-order chi connectivity index (χ1) is 7.68. The van der Waals surface area contributed by atoms with Gasteiger partial charge in [-0.15, -0.1) is 36.6 Å². The van der Waals surface area contributed by atoms with Crippen molar-refractivity contribution in [1.82, 2.24) is 15.1 Å². The normalized spacial score (nSPS) is 24.6. The molecule has 1 amide bonds. The zero-order valence-electron chi connectivity index (χ0n) is 10.9. The number of carbonyl (C=O) groups excluding carboxylic acids is 1. The van der Waals surface area contributed by atoms with Gasteiger partial charge in [0.1, 0.15) is 0 Å². The average Bonchev–Trinajstić information content (AvgIpc) is 2.81. The Morgan fingerprint density at radius 3 is 2.33 bits per heavy atom. The molecule has 2 saturated heterocycles. The highest BCUT2D eigenvalue weighted by molar-refractivity contribution is 7.99. The van der Waals surface area contributed by atoms with Crippen molar-refractivity contribution in [1.29, 1.82) is 0 Å². The number of hydrogen-bond acceptors (Lipinski definition) is 4. The van der Waals surface area contributed by atoms with Crippen LogP contribution in [0, 0.1) is 0 Å². The minimum absolute atomic E-state index is 0. The van der Waals surface area contributed by atoms with Crippen LogP contribution in [-0.2, 0) is 4.79 Å². The van der Waals surface area contributed by atoms with Gasteiger partial charge in [-0.2, -0.15) is 0 Å². The van der Waals surface area contributed by atoms with E-state index in [1.165, 1.54) is 0 Å². The SMILES string of the molecule is CN(C)C1CCN(C(=O)C2CSCN2)CC1.Cl.Cl. The van der Waals surface area contributed by atoms with Gasteiger partial charge in [0, 0.05) is 30.8 Å². The predicted molar refractivity (Wildman–Crippen MR) is 82.0 cm³/mol. The summed E-state index contributed by atoms with van der Waals surface area (Å²) >= 11 is 1.81. The molecule has 2 fully saturated rings. The van der Waals surface area contributed by atoms with Crippen LogP contribution in [0.3, 0.4) is 0 Å². The van der Waals surface area contributed by atoms with Crippen LogP contribution in [0.5, 0.6) is 0 Å². The van der Waals surface area contributed by atoms with Crippen molar-refractivity contribution in [2.75, 3.05) is 38.8 Å². The van der Waals surface area contributed by atoms with E-state index >= 15 is 0 Å². The van der Waals surface area contributed by atoms with Crippen LogP contribution in [0.1, 0.15) is 12.8 Å². The van der Waals surface area contributed by atoms with Crippen LogP contribution >= 0.6 is 36.6 Å². The van der Waals surface area contributed by atoms with Gasteiger partial charge < -0.3 is 9.80 Å². The molecule has 4 nitrogen and oxygen atoms in total. The van der Waals surface area contributed by atoms with Gasteiger partial charge in [-0.3, -0.25) is 10.1 Å². The fourth-order valence-electron chi connectivity index (χ4n) is 2.38. The zero-order valence-corrected chi connectivity index (χ0v) is 13.4. The molecule has 1 unspecified atom stereocenters. The zero-order chi connectivity index (χ0) is 11.5. The molecule has 0 aromatic carbocycles. The van der Waals surface area contributed by atoms with Crippen molar-refractivity contribution in [2.45, 2.75) is 24.9 Å². The number of rotatable bonds is 2. The lowest BCUT2D eigenvalue weighted by Crippen LogP contribution is -2.50. The molecule has 2 rings (SSSR count). The summed E-state index contributed by atoms with van der Waals surface area (Å²) in [5.41, 5.74) is 0. The maximum absolute atomic E-state index is 12.1. The van der Waals surface area contributed by atoms with Crippen molar-refractivity contribution < 1.29 is 4.79 Å². The van der Waals surface area contributed by atoms with E-state index in [0.29, 0.717) is 11.9 Å². The Kier molecular flexibility index (Phi) is 8.63. The third kappa shape index (κ3) is 4.46. The number of carbonyl (C=O) groups is 1. The number of amides is 1. The summed E-state index contributed by atoms with van der Waals surface area (Å²) in [4.78, 5) is 16.4. The highest BCUT2D eigenvalue weighted by atomic mass is 35.5. The molecular weight excluding hydrogens is 293 g/mol. The Morgan fingerprint density at radius 2 is 1.89 bits per heavy atom. The molecule has 2 heterocycles. The molecule has 0 spiro atoms. The number of nitrogens with zero attached hydrogens (tertiary/aromatic N) is 2. The van der Waals surface area contributed by atoms with Crippen LogP contribution in [-0.4, -0.2) is 66.6 Å². The first-order valence-electron chi connectivity index (χ1n) is 5.95. The van der Waals surface area contributed by atoms with Crippen molar-refractivity contribution >= 4 is 42.5 Å². The molecule has 18 heavy (non-hydrogen) atoms. The highest BCUT2D eigenvalue weighted by Gasteiger charge is 2.30. The summed E-state index contributed by atoms with van der Waals surface area (Å²) in [5, 5.41) is 3.25. The monoisotopic (exact) mass is 315 g/mol. The van der Waals surface area contributed by atoms with E-state index in [9.17, 15) is 4.79 Å². The molecule has 7 heteroatoms. The summed E-state index contributed by atoms with van der Waals surface area (Å²) in [5.74, 6) is 2.17. The second kappa shape index (κ2) is 8.48. The molecular formula is C11H23Cl2N3OS. The number of nitrogens with one attached hydrogen (secondary N) is 1. The molecule has 0 radical (unpaired) electrons. The van der Waals surface area contributed by atoms with Gasteiger partial charge >= 0.3 is 0 Å². The maximum atomic E-state index is 12.1. The highest BCUT2D eigenvalue weighted by Crippen LogP contribution is 2.17. The van der Waals surface area contributed by atoms with Gasteiger partial charge in [0.15, 0.2) is 0 Å². The minimum Gasteiger partial charge on any atom is -0.341 e. The lowest BCUT2D eigenvalue weighted by Gasteiger charge is -2.36. The van der Waals surface area contributed by atoms with Crippen LogP contribution in [0.4, 0.5) is 0 Å². The summed E-state index contributed by atoms with van der Waals surface area (Å²) in [7, 11) is 4.24. The molecule has 1 N–H and O–H groups in total. The lowest BCUT2D eigenvalue weighted by molar-refractivity contribution is -0.134. The van der Waals surface area contributed by atoms with Crippen LogP contribution in [0.15, 0.2) is 0 Å². The number of halogens is 2. The summed E-state index contributed by atoms with van der Waals surface area (Å²) < 4.78 is 0. The average molecular weight is 316 g/mol. The van der Waals surface area contributed by atoms with Crippen molar-refractivity contribution in [2.24, 2.45) is 0 Å². The van der Waals surface area contributed by atoms with Gasteiger partial charge in [0.25, 0.3) is 0 Å². The molecule has 0 bridgehead atoms. The van der Waals surface area contributed by atoms with E-state index in [1.807, 2.05) is 16.7 Å². The third-order valence-electron chi connectivity index (χ3n) is 3.52. The molecule has 1 atom stereocenters. The number of hydrogen-bond donors (Lipinski definition) is 1. The molecule has 0 saturated carbocycles. The number of thioether (sulfide) groups is 1. The number of likely N-dealkylation sites (tertiary alicyclic amines) is 1. The maximum Gasteiger partial charge on any atom is 0.240 e. The van der Waals surface area contributed by atoms with Crippen molar-refractivity contribution in [3.63, 3.8) is 0 Å². The minimum atomic E-state index is 0. The summed E-state index contributed by atoms with van der Waals surface area (Å²) in [6.45, 7) is 1.84. The second-order valence-corrected chi connectivity index (χ2v) is 5.82. The first-order valence-corrected chi connectivity index (χ1v) is 7.10. The van der Waals surface area contributed by atoms with Crippen molar-refractivity contribution in [3.05, 3.63) is 0 Å². The molecule has 0 aliphatic carbocycles. The van der Waals surface area contributed by atoms with Crippen molar-refractivity contribution in [3.8, 4) is 0 Å². The van der Waals surface area contributed by atoms with Gasteiger partial charge in [-0.25, -0.2) is 0 Å². The Morgan fingerprint density at radius 1 is 1.28 bits per heavy atom. The first kappa shape index (κ1) is 18.3. The van der Waals surface area contributed by atoms with Crippen LogP contribution < -0.4 is 5.32 Å². The molecule has 2 aliphatic rings. The summed E-state index contributed by atoms with van der Waals surface area (Å²) in [6.07, 6.45) is 2.22. The van der Waals surface area contributed by atoms with E-state index in [4.69, 9.17) is 0 Å². The van der Waals surface area contributed by atoms with E-state index < -0.39 is 0 Å². The smallest absolute Gasteiger partial charge is 0.240 e. The van der Waals surface area contributed by atoms with Crippen LogP contribution in [0.2, 0.25) is 0 Å². The standard InChI is InChI=1S/C11H21N3OS.2ClH/c1-13(2)9-3-5-14(6-4-9)11(15)10-7-16-8-12-10;;/h9-10,12H,3-8H2,1-2H3;2*1H. The van der Waals surface area contributed by atoms with Gasteiger partial charge in [0.2, 0.25) is 5.91 Å². The fourth-order valence-corrected chi connectivity index (χ4v) is 3.31. The predicted octanol–water partition coefficient (Wildman–Crippen LogP) is 1.05. The Hall–Kier alpha value is 0.320.